The number of nitro groups is 1. The third-order valence-corrected chi connectivity index (χ3v) is 6.80. The van der Waals surface area contributed by atoms with E-state index in [9.17, 15) is 23.3 Å². The molecule has 35 heavy (non-hydrogen) atoms. The van der Waals surface area contributed by atoms with Crippen LogP contribution in [-0.4, -0.2) is 39.5 Å². The zero-order chi connectivity index (χ0) is 25.4. The first-order valence-electron chi connectivity index (χ1n) is 10.7. The quantitative estimate of drug-likeness (QED) is 0.316. The summed E-state index contributed by atoms with van der Waals surface area (Å²) in [6.07, 6.45) is 0. The number of anilines is 1. The van der Waals surface area contributed by atoms with Gasteiger partial charge in [0.1, 0.15) is 11.5 Å². The van der Waals surface area contributed by atoms with Crippen LogP contribution in [0.2, 0.25) is 0 Å². The molecule has 0 aliphatic heterocycles. The van der Waals surface area contributed by atoms with E-state index in [1.165, 1.54) is 31.3 Å². The molecule has 1 amide bonds. The summed E-state index contributed by atoms with van der Waals surface area (Å²) in [4.78, 5) is 22.4. The fraction of sp³-hybridized carbons (Fsp3) is 0.208. The molecule has 10 nitrogen and oxygen atoms in total. The average molecular weight is 500 g/mol. The van der Waals surface area contributed by atoms with E-state index in [0.717, 1.165) is 4.31 Å². The third kappa shape index (κ3) is 6.70. The van der Waals surface area contributed by atoms with Crippen LogP contribution in [0.3, 0.4) is 0 Å². The molecule has 0 aliphatic rings. The molecular formula is C24H25N3O7S. The van der Waals surface area contributed by atoms with Gasteiger partial charge in [0, 0.05) is 25.7 Å². The van der Waals surface area contributed by atoms with Gasteiger partial charge in [-0.3, -0.25) is 19.2 Å². The molecule has 0 fully saturated rings. The Kier molecular flexibility index (Phi) is 8.26. The van der Waals surface area contributed by atoms with Crippen LogP contribution in [0.15, 0.2) is 77.7 Å². The summed E-state index contributed by atoms with van der Waals surface area (Å²) in [5.74, 6) is 0.612. The summed E-state index contributed by atoms with van der Waals surface area (Å²) in [5.41, 5.74) is 1.11. The Morgan fingerprint density at radius 2 is 1.51 bits per heavy atom. The van der Waals surface area contributed by atoms with Crippen molar-refractivity contribution in [1.82, 2.24) is 5.32 Å². The minimum Gasteiger partial charge on any atom is -0.494 e. The maximum Gasteiger partial charge on any atom is 0.269 e. The first kappa shape index (κ1) is 25.5. The van der Waals surface area contributed by atoms with Gasteiger partial charge in [0.15, 0.2) is 6.61 Å². The van der Waals surface area contributed by atoms with Crippen LogP contribution in [0, 0.1) is 10.1 Å². The lowest BCUT2D eigenvalue weighted by Gasteiger charge is -2.20. The average Bonchev–Trinajstić information content (AvgIpc) is 2.87. The lowest BCUT2D eigenvalue weighted by Crippen LogP contribution is -2.28. The highest BCUT2D eigenvalue weighted by molar-refractivity contribution is 7.92. The highest BCUT2D eigenvalue weighted by atomic mass is 32.2. The van der Waals surface area contributed by atoms with E-state index < -0.39 is 14.9 Å². The largest absolute Gasteiger partial charge is 0.494 e. The van der Waals surface area contributed by atoms with Gasteiger partial charge in [-0.1, -0.05) is 12.1 Å². The number of carbonyl (C=O) groups excluding carboxylic acids is 1. The molecule has 0 aliphatic carbocycles. The van der Waals surface area contributed by atoms with Crippen molar-refractivity contribution in [2.75, 3.05) is 24.6 Å². The van der Waals surface area contributed by atoms with Crippen molar-refractivity contribution >= 4 is 27.3 Å². The fourth-order valence-corrected chi connectivity index (χ4v) is 4.26. The van der Waals surface area contributed by atoms with Crippen molar-refractivity contribution in [1.29, 1.82) is 0 Å². The standard InChI is InChI=1S/C24H25N3O7S/c1-3-33-21-12-14-23(15-13-21)35(31,32)26(2)19-8-10-22(11-9-19)34-17-24(28)25-16-18-4-6-20(7-5-18)27(29)30/h4-15H,3,16-17H2,1-2H3,(H,25,28). The van der Waals surface area contributed by atoms with E-state index >= 15 is 0 Å². The normalized spacial score (nSPS) is 10.9. The van der Waals surface area contributed by atoms with Crippen molar-refractivity contribution in [3.63, 3.8) is 0 Å². The van der Waals surface area contributed by atoms with E-state index in [1.807, 2.05) is 6.92 Å². The molecule has 0 radical (unpaired) electrons. The van der Waals surface area contributed by atoms with Gasteiger partial charge in [-0.05, 0) is 61.0 Å². The summed E-state index contributed by atoms with van der Waals surface area (Å²) < 4.78 is 37.8. The number of nitrogens with zero attached hydrogens (tertiary/aromatic N) is 2. The van der Waals surface area contributed by atoms with Gasteiger partial charge in [-0.15, -0.1) is 0 Å². The molecule has 0 heterocycles. The molecule has 0 spiro atoms. The van der Waals surface area contributed by atoms with Gasteiger partial charge >= 0.3 is 0 Å². The van der Waals surface area contributed by atoms with Crippen LogP contribution < -0.4 is 19.1 Å². The zero-order valence-corrected chi connectivity index (χ0v) is 20.0. The van der Waals surface area contributed by atoms with Gasteiger partial charge < -0.3 is 14.8 Å². The van der Waals surface area contributed by atoms with E-state index in [1.54, 1.807) is 48.5 Å². The summed E-state index contributed by atoms with van der Waals surface area (Å²) >= 11 is 0. The lowest BCUT2D eigenvalue weighted by molar-refractivity contribution is -0.384. The van der Waals surface area contributed by atoms with Crippen molar-refractivity contribution < 1.29 is 27.6 Å². The molecule has 0 saturated carbocycles. The third-order valence-electron chi connectivity index (χ3n) is 5.00. The number of amides is 1. The second-order valence-electron chi connectivity index (χ2n) is 7.36. The Balaban J connectivity index is 1.53. The maximum atomic E-state index is 12.9. The number of nitrogens with one attached hydrogen (secondary N) is 1. The van der Waals surface area contributed by atoms with Crippen molar-refractivity contribution in [3.8, 4) is 11.5 Å². The second kappa shape index (κ2) is 11.3. The Morgan fingerprint density at radius 1 is 0.943 bits per heavy atom. The zero-order valence-electron chi connectivity index (χ0n) is 19.2. The number of hydrogen-bond acceptors (Lipinski definition) is 7. The monoisotopic (exact) mass is 499 g/mol. The smallest absolute Gasteiger partial charge is 0.269 e. The van der Waals surface area contributed by atoms with Crippen molar-refractivity contribution in [2.45, 2.75) is 18.4 Å². The van der Waals surface area contributed by atoms with E-state index in [2.05, 4.69) is 5.32 Å². The summed E-state index contributed by atoms with van der Waals surface area (Å²) in [5, 5.41) is 13.4. The Labute approximate surface area is 203 Å². The Morgan fingerprint density at radius 3 is 2.09 bits per heavy atom. The van der Waals surface area contributed by atoms with E-state index in [0.29, 0.717) is 29.4 Å². The number of sulfonamides is 1. The number of ether oxygens (including phenoxy) is 2. The predicted octanol–water partition coefficient (Wildman–Crippen LogP) is 3.51. The minimum absolute atomic E-state index is 0.0234. The van der Waals surface area contributed by atoms with Gasteiger partial charge in [0.25, 0.3) is 21.6 Å². The molecule has 0 unspecified atom stereocenters. The maximum absolute atomic E-state index is 12.9. The van der Waals surface area contributed by atoms with Gasteiger partial charge in [-0.2, -0.15) is 0 Å². The first-order chi connectivity index (χ1) is 16.7. The molecule has 1 N–H and O–H groups in total. The van der Waals surface area contributed by atoms with Crippen LogP contribution in [-0.2, 0) is 21.4 Å². The molecular weight excluding hydrogens is 474 g/mol. The summed E-state index contributed by atoms with van der Waals surface area (Å²) in [6.45, 7) is 2.29. The molecule has 3 aromatic rings. The molecule has 3 aromatic carbocycles. The summed E-state index contributed by atoms with van der Waals surface area (Å²) in [6, 6.07) is 18.4. The number of rotatable bonds is 11. The Hall–Kier alpha value is -4.12. The van der Waals surface area contributed by atoms with Crippen LogP contribution in [0.1, 0.15) is 12.5 Å². The fourth-order valence-electron chi connectivity index (χ4n) is 3.06. The summed E-state index contributed by atoms with van der Waals surface area (Å²) in [7, 11) is -2.32. The molecule has 11 heteroatoms. The number of benzene rings is 3. The molecule has 0 atom stereocenters. The van der Waals surface area contributed by atoms with E-state index in [4.69, 9.17) is 9.47 Å². The molecule has 3 rings (SSSR count). The molecule has 0 saturated heterocycles. The minimum atomic E-state index is -3.77. The van der Waals surface area contributed by atoms with Gasteiger partial charge in [0.05, 0.1) is 22.1 Å². The number of hydrogen-bond donors (Lipinski definition) is 1. The van der Waals surface area contributed by atoms with Gasteiger partial charge in [-0.25, -0.2) is 8.42 Å². The number of non-ortho nitro benzene ring substituents is 1. The second-order valence-corrected chi connectivity index (χ2v) is 9.33. The van der Waals surface area contributed by atoms with Crippen LogP contribution in [0.25, 0.3) is 0 Å². The predicted molar refractivity (Wildman–Crippen MR) is 130 cm³/mol. The number of nitro benzene ring substituents is 1. The first-order valence-corrected chi connectivity index (χ1v) is 12.1. The number of carbonyl (C=O) groups is 1. The van der Waals surface area contributed by atoms with Crippen LogP contribution in [0.5, 0.6) is 11.5 Å². The highest BCUT2D eigenvalue weighted by Gasteiger charge is 2.21. The van der Waals surface area contributed by atoms with Crippen LogP contribution >= 0.6 is 0 Å². The van der Waals surface area contributed by atoms with Crippen molar-refractivity contribution in [2.24, 2.45) is 0 Å². The Bertz CT molecular complexity index is 1260. The lowest BCUT2D eigenvalue weighted by atomic mass is 10.2. The topological polar surface area (TPSA) is 128 Å². The SMILES string of the molecule is CCOc1ccc(S(=O)(=O)N(C)c2ccc(OCC(=O)NCc3ccc([N+](=O)[O-])cc3)cc2)cc1. The van der Waals surface area contributed by atoms with E-state index in [-0.39, 0.29) is 29.6 Å². The molecule has 0 bridgehead atoms. The van der Waals surface area contributed by atoms with Crippen LogP contribution in [0.4, 0.5) is 11.4 Å². The molecule has 184 valence electrons. The van der Waals surface area contributed by atoms with Crippen molar-refractivity contribution in [3.05, 3.63) is 88.5 Å². The molecule has 0 aromatic heterocycles. The van der Waals surface area contributed by atoms with Gasteiger partial charge in [0.2, 0.25) is 0 Å². The highest BCUT2D eigenvalue weighted by Crippen LogP contribution is 2.25.